The molecule has 2 aliphatic rings. The predicted octanol–water partition coefficient (Wildman–Crippen LogP) is 2.08. The summed E-state index contributed by atoms with van der Waals surface area (Å²) in [6, 6.07) is 7.10. The molecule has 1 aromatic rings. The summed E-state index contributed by atoms with van der Waals surface area (Å²) < 4.78 is 0. The lowest BCUT2D eigenvalue weighted by atomic mass is 9.59. The van der Waals surface area contributed by atoms with Gasteiger partial charge in [-0.1, -0.05) is 19.9 Å². The van der Waals surface area contributed by atoms with Gasteiger partial charge in [0.2, 0.25) is 0 Å². The van der Waals surface area contributed by atoms with Crippen LogP contribution in [-0.2, 0) is 11.8 Å². The lowest BCUT2D eigenvalue weighted by Gasteiger charge is -2.50. The highest BCUT2D eigenvalue weighted by Crippen LogP contribution is 2.46. The van der Waals surface area contributed by atoms with E-state index in [0.717, 1.165) is 18.7 Å². The fourth-order valence-corrected chi connectivity index (χ4v) is 3.54. The average molecular weight is 216 g/mol. The van der Waals surface area contributed by atoms with Gasteiger partial charge in [-0.25, -0.2) is 0 Å². The van der Waals surface area contributed by atoms with Crippen molar-refractivity contribution in [2.24, 2.45) is 5.92 Å². The molecule has 3 N–H and O–H groups in total. The number of hydrogen-bond acceptors (Lipinski definition) is 2. The smallest absolute Gasteiger partial charge is 0.0317 e. The fourth-order valence-electron chi connectivity index (χ4n) is 3.54. The standard InChI is InChI=1S/C14H20N2/c1-9-13-7-10-3-4-11(15)8-12(10)14(9,2)5-6-16-13/h3-4,8-9,13,16H,5-7,15H2,1-2H3/t9?,13-,14-/m1/s1. The van der Waals surface area contributed by atoms with E-state index >= 15 is 0 Å². The van der Waals surface area contributed by atoms with E-state index in [0.29, 0.717) is 17.4 Å². The first-order valence-corrected chi connectivity index (χ1v) is 6.23. The van der Waals surface area contributed by atoms with Gasteiger partial charge < -0.3 is 11.1 Å². The number of nitrogens with one attached hydrogen (secondary N) is 1. The Hall–Kier alpha value is -1.02. The van der Waals surface area contributed by atoms with Gasteiger partial charge in [-0.2, -0.15) is 0 Å². The van der Waals surface area contributed by atoms with E-state index < -0.39 is 0 Å². The molecule has 0 radical (unpaired) electrons. The Morgan fingerprint density at radius 1 is 1.44 bits per heavy atom. The molecule has 2 nitrogen and oxygen atoms in total. The molecule has 1 fully saturated rings. The molecule has 1 heterocycles. The van der Waals surface area contributed by atoms with E-state index in [-0.39, 0.29) is 0 Å². The number of rotatable bonds is 0. The van der Waals surface area contributed by atoms with Crippen molar-refractivity contribution in [2.45, 2.75) is 38.1 Å². The summed E-state index contributed by atoms with van der Waals surface area (Å²) in [4.78, 5) is 0. The topological polar surface area (TPSA) is 38.0 Å². The normalized spacial score (nSPS) is 36.9. The van der Waals surface area contributed by atoms with Crippen molar-refractivity contribution >= 4 is 5.69 Å². The Morgan fingerprint density at radius 2 is 2.25 bits per heavy atom. The molecule has 0 spiro atoms. The zero-order chi connectivity index (χ0) is 11.3. The Bertz CT molecular complexity index is 427. The average Bonchev–Trinajstić information content (AvgIpc) is 2.25. The van der Waals surface area contributed by atoms with Crippen molar-refractivity contribution in [3.05, 3.63) is 29.3 Å². The lowest BCUT2D eigenvalue weighted by Crippen LogP contribution is -2.56. The van der Waals surface area contributed by atoms with E-state index in [1.54, 1.807) is 0 Å². The van der Waals surface area contributed by atoms with Crippen LogP contribution in [0.2, 0.25) is 0 Å². The van der Waals surface area contributed by atoms with Crippen LogP contribution in [0.5, 0.6) is 0 Å². The zero-order valence-electron chi connectivity index (χ0n) is 10.1. The summed E-state index contributed by atoms with van der Waals surface area (Å²) in [6.45, 7) is 5.92. The second kappa shape index (κ2) is 3.24. The second-order valence-corrected chi connectivity index (χ2v) is 5.64. The molecule has 1 unspecified atom stereocenters. The van der Waals surface area contributed by atoms with E-state index in [9.17, 15) is 0 Å². The number of piperidine rings is 1. The maximum atomic E-state index is 5.94. The zero-order valence-corrected chi connectivity index (χ0v) is 10.1. The van der Waals surface area contributed by atoms with Gasteiger partial charge >= 0.3 is 0 Å². The van der Waals surface area contributed by atoms with Crippen LogP contribution in [0, 0.1) is 5.92 Å². The van der Waals surface area contributed by atoms with Crippen LogP contribution in [0.15, 0.2) is 18.2 Å². The van der Waals surface area contributed by atoms with Crippen molar-refractivity contribution in [2.75, 3.05) is 12.3 Å². The lowest BCUT2D eigenvalue weighted by molar-refractivity contribution is 0.158. The molecule has 1 saturated heterocycles. The van der Waals surface area contributed by atoms with E-state index in [1.807, 2.05) is 6.07 Å². The van der Waals surface area contributed by atoms with E-state index in [4.69, 9.17) is 5.73 Å². The van der Waals surface area contributed by atoms with Crippen molar-refractivity contribution in [1.29, 1.82) is 0 Å². The Labute approximate surface area is 97.2 Å². The summed E-state index contributed by atoms with van der Waals surface area (Å²) in [6.07, 6.45) is 2.38. The Morgan fingerprint density at radius 3 is 3.06 bits per heavy atom. The van der Waals surface area contributed by atoms with Gasteiger partial charge in [0.05, 0.1) is 0 Å². The summed E-state index contributed by atoms with van der Waals surface area (Å²) in [5.41, 5.74) is 10.2. The molecule has 1 aliphatic heterocycles. The van der Waals surface area contributed by atoms with Crippen LogP contribution >= 0.6 is 0 Å². The largest absolute Gasteiger partial charge is 0.399 e. The number of hydrogen-bond donors (Lipinski definition) is 2. The molecular weight excluding hydrogens is 196 g/mol. The Kier molecular flexibility index (Phi) is 2.05. The van der Waals surface area contributed by atoms with Crippen LogP contribution in [0.25, 0.3) is 0 Å². The van der Waals surface area contributed by atoms with Crippen molar-refractivity contribution in [1.82, 2.24) is 5.32 Å². The third-order valence-electron chi connectivity index (χ3n) is 4.85. The van der Waals surface area contributed by atoms with Crippen LogP contribution in [0.3, 0.4) is 0 Å². The minimum atomic E-state index is 0.318. The van der Waals surface area contributed by atoms with Crippen LogP contribution in [0.4, 0.5) is 5.69 Å². The molecular formula is C14H20N2. The summed E-state index contributed by atoms with van der Waals surface area (Å²) in [5, 5.41) is 3.65. The van der Waals surface area contributed by atoms with Crippen molar-refractivity contribution < 1.29 is 0 Å². The SMILES string of the molecule is CC1[C@H]2Cc3ccc(N)cc3[C@]1(C)CCN2. The van der Waals surface area contributed by atoms with Gasteiger partial charge in [0.25, 0.3) is 0 Å². The molecule has 86 valence electrons. The summed E-state index contributed by atoms with van der Waals surface area (Å²) >= 11 is 0. The predicted molar refractivity (Wildman–Crippen MR) is 67.5 cm³/mol. The highest BCUT2D eigenvalue weighted by molar-refractivity contribution is 5.50. The van der Waals surface area contributed by atoms with Gasteiger partial charge in [-0.05, 0) is 54.0 Å². The monoisotopic (exact) mass is 216 g/mol. The van der Waals surface area contributed by atoms with E-state index in [1.165, 1.54) is 17.5 Å². The number of nitrogen functional groups attached to an aromatic ring is 1. The number of fused-ring (bicyclic) bond motifs is 4. The molecule has 2 heteroatoms. The number of benzene rings is 1. The highest BCUT2D eigenvalue weighted by atomic mass is 14.9. The quantitative estimate of drug-likeness (QED) is 0.652. The van der Waals surface area contributed by atoms with Crippen molar-refractivity contribution in [3.63, 3.8) is 0 Å². The molecule has 3 atom stereocenters. The van der Waals surface area contributed by atoms with Crippen LogP contribution < -0.4 is 11.1 Å². The third kappa shape index (κ3) is 1.23. The molecule has 3 rings (SSSR count). The first-order chi connectivity index (χ1) is 7.61. The molecule has 1 aromatic carbocycles. The summed E-state index contributed by atoms with van der Waals surface area (Å²) in [7, 11) is 0. The van der Waals surface area contributed by atoms with Crippen molar-refractivity contribution in [3.8, 4) is 0 Å². The second-order valence-electron chi connectivity index (χ2n) is 5.64. The van der Waals surface area contributed by atoms with Gasteiger partial charge in [0.1, 0.15) is 0 Å². The minimum Gasteiger partial charge on any atom is -0.399 e. The molecule has 2 bridgehead atoms. The third-order valence-corrected chi connectivity index (χ3v) is 4.85. The maximum Gasteiger partial charge on any atom is 0.0317 e. The highest BCUT2D eigenvalue weighted by Gasteiger charge is 2.45. The Balaban J connectivity index is 2.18. The molecule has 0 amide bonds. The van der Waals surface area contributed by atoms with Gasteiger partial charge in [-0.15, -0.1) is 0 Å². The number of anilines is 1. The molecule has 16 heavy (non-hydrogen) atoms. The van der Waals surface area contributed by atoms with Crippen LogP contribution in [-0.4, -0.2) is 12.6 Å². The minimum absolute atomic E-state index is 0.318. The molecule has 1 aliphatic carbocycles. The first-order valence-electron chi connectivity index (χ1n) is 6.23. The van der Waals surface area contributed by atoms with Crippen LogP contribution in [0.1, 0.15) is 31.4 Å². The number of nitrogens with two attached hydrogens (primary N) is 1. The van der Waals surface area contributed by atoms with Gasteiger partial charge in [-0.3, -0.25) is 0 Å². The molecule has 0 aromatic heterocycles. The van der Waals surface area contributed by atoms with E-state index in [2.05, 4.69) is 31.3 Å². The first kappa shape index (κ1) is 10.2. The van der Waals surface area contributed by atoms with Gasteiger partial charge in [0.15, 0.2) is 0 Å². The molecule has 0 saturated carbocycles. The van der Waals surface area contributed by atoms with Gasteiger partial charge in [0, 0.05) is 11.7 Å². The maximum absolute atomic E-state index is 5.94. The fraction of sp³-hybridized carbons (Fsp3) is 0.571. The summed E-state index contributed by atoms with van der Waals surface area (Å²) in [5.74, 6) is 0.704.